The third kappa shape index (κ3) is 4.05. The smallest absolute Gasteiger partial charge is 0.234 e. The molecule has 1 aromatic rings. The molecule has 0 aromatic carbocycles. The quantitative estimate of drug-likeness (QED) is 0.847. The van der Waals surface area contributed by atoms with Crippen molar-refractivity contribution in [2.75, 3.05) is 19.7 Å². The van der Waals surface area contributed by atoms with Crippen molar-refractivity contribution in [2.45, 2.75) is 39.3 Å². The van der Waals surface area contributed by atoms with E-state index in [-0.39, 0.29) is 24.6 Å². The van der Waals surface area contributed by atoms with Crippen molar-refractivity contribution in [1.29, 1.82) is 0 Å². The first-order valence-electron chi connectivity index (χ1n) is 7.70. The Morgan fingerprint density at radius 1 is 1.57 bits per heavy atom. The van der Waals surface area contributed by atoms with Crippen molar-refractivity contribution >= 4 is 17.2 Å². The van der Waals surface area contributed by atoms with Crippen LogP contribution in [0.2, 0.25) is 0 Å². The summed E-state index contributed by atoms with van der Waals surface area (Å²) in [6.45, 7) is 7.79. The van der Waals surface area contributed by atoms with Crippen LogP contribution in [-0.2, 0) is 4.79 Å². The van der Waals surface area contributed by atoms with E-state index in [9.17, 15) is 9.90 Å². The number of carbonyl (C=O) groups excluding carboxylic acids is 1. The zero-order valence-electron chi connectivity index (χ0n) is 13.1. The van der Waals surface area contributed by atoms with E-state index in [1.165, 1.54) is 4.88 Å². The summed E-state index contributed by atoms with van der Waals surface area (Å²) in [6, 6.07) is 4.29. The highest BCUT2D eigenvalue weighted by Crippen LogP contribution is 2.26. The highest BCUT2D eigenvalue weighted by Gasteiger charge is 2.32. The van der Waals surface area contributed by atoms with Crippen LogP contribution < -0.4 is 5.32 Å². The Labute approximate surface area is 131 Å². The topological polar surface area (TPSA) is 52.6 Å². The molecule has 118 valence electrons. The van der Waals surface area contributed by atoms with Gasteiger partial charge in [0.1, 0.15) is 0 Å². The third-order valence-electron chi connectivity index (χ3n) is 4.36. The Balaban J connectivity index is 1.94. The van der Waals surface area contributed by atoms with Crippen molar-refractivity contribution in [3.63, 3.8) is 0 Å². The number of amides is 1. The molecular weight excluding hydrogens is 284 g/mol. The molecule has 1 saturated heterocycles. The molecule has 3 unspecified atom stereocenters. The lowest BCUT2D eigenvalue weighted by atomic mass is 10.0. The van der Waals surface area contributed by atoms with Gasteiger partial charge < -0.3 is 10.4 Å². The second kappa shape index (κ2) is 7.38. The lowest BCUT2D eigenvalue weighted by molar-refractivity contribution is -0.123. The van der Waals surface area contributed by atoms with Gasteiger partial charge in [0.25, 0.3) is 0 Å². The molecule has 0 spiro atoms. The molecule has 1 aliphatic heterocycles. The number of nitrogens with one attached hydrogen (secondary N) is 1. The fourth-order valence-electron chi connectivity index (χ4n) is 3.02. The van der Waals surface area contributed by atoms with E-state index in [1.807, 2.05) is 11.4 Å². The number of aliphatic hydroxyl groups is 1. The van der Waals surface area contributed by atoms with Crippen LogP contribution in [0.5, 0.6) is 0 Å². The van der Waals surface area contributed by atoms with Crippen LogP contribution in [0.15, 0.2) is 17.5 Å². The summed E-state index contributed by atoms with van der Waals surface area (Å²) in [5, 5.41) is 14.7. The molecule has 5 heteroatoms. The third-order valence-corrected chi connectivity index (χ3v) is 5.32. The average molecular weight is 310 g/mol. The summed E-state index contributed by atoms with van der Waals surface area (Å²) in [5.74, 6) is 0.870. The molecule has 1 amide bonds. The molecule has 0 bridgehead atoms. The highest BCUT2D eigenvalue weighted by atomic mass is 32.1. The molecule has 0 aliphatic carbocycles. The van der Waals surface area contributed by atoms with E-state index < -0.39 is 0 Å². The fourth-order valence-corrected chi connectivity index (χ4v) is 3.97. The second-order valence-electron chi connectivity index (χ2n) is 6.29. The Kier molecular flexibility index (Phi) is 5.79. The lowest BCUT2D eigenvalue weighted by Crippen LogP contribution is -2.44. The average Bonchev–Trinajstić information content (AvgIpc) is 3.06. The molecule has 2 heterocycles. The lowest BCUT2D eigenvalue weighted by Gasteiger charge is -2.27. The van der Waals surface area contributed by atoms with E-state index in [1.54, 1.807) is 11.3 Å². The summed E-state index contributed by atoms with van der Waals surface area (Å²) in [6.07, 6.45) is 1.05. The van der Waals surface area contributed by atoms with Crippen LogP contribution in [-0.4, -0.2) is 41.7 Å². The predicted octanol–water partition coefficient (Wildman–Crippen LogP) is 2.26. The zero-order chi connectivity index (χ0) is 15.4. The number of hydrogen-bond acceptors (Lipinski definition) is 4. The molecule has 0 radical (unpaired) electrons. The van der Waals surface area contributed by atoms with E-state index in [0.29, 0.717) is 18.4 Å². The zero-order valence-corrected chi connectivity index (χ0v) is 13.9. The maximum Gasteiger partial charge on any atom is 0.234 e. The van der Waals surface area contributed by atoms with Gasteiger partial charge in [-0.05, 0) is 36.2 Å². The highest BCUT2D eigenvalue weighted by molar-refractivity contribution is 7.10. The minimum atomic E-state index is 0.0506. The molecule has 3 atom stereocenters. The monoisotopic (exact) mass is 310 g/mol. The van der Waals surface area contributed by atoms with Crippen molar-refractivity contribution in [3.8, 4) is 0 Å². The van der Waals surface area contributed by atoms with Crippen molar-refractivity contribution in [1.82, 2.24) is 10.2 Å². The number of likely N-dealkylation sites (tertiary alicyclic amines) is 1. The molecule has 0 saturated carbocycles. The summed E-state index contributed by atoms with van der Waals surface area (Å²) in [4.78, 5) is 15.7. The number of thiophene rings is 1. The van der Waals surface area contributed by atoms with Gasteiger partial charge in [-0.1, -0.05) is 26.8 Å². The second-order valence-corrected chi connectivity index (χ2v) is 7.27. The van der Waals surface area contributed by atoms with Crippen molar-refractivity contribution < 1.29 is 9.90 Å². The molecule has 2 rings (SSSR count). The summed E-state index contributed by atoms with van der Waals surface area (Å²) >= 11 is 1.68. The van der Waals surface area contributed by atoms with Gasteiger partial charge >= 0.3 is 0 Å². The van der Waals surface area contributed by atoms with Crippen LogP contribution in [0.1, 0.15) is 38.1 Å². The van der Waals surface area contributed by atoms with Crippen LogP contribution in [0.3, 0.4) is 0 Å². The van der Waals surface area contributed by atoms with Crippen LogP contribution in [0, 0.1) is 11.8 Å². The van der Waals surface area contributed by atoms with Gasteiger partial charge in [-0.2, -0.15) is 0 Å². The summed E-state index contributed by atoms with van der Waals surface area (Å²) < 4.78 is 0. The Morgan fingerprint density at radius 3 is 2.90 bits per heavy atom. The molecule has 21 heavy (non-hydrogen) atoms. The van der Waals surface area contributed by atoms with Gasteiger partial charge in [0.05, 0.1) is 19.2 Å². The first-order chi connectivity index (χ1) is 10.0. The number of carbonyl (C=O) groups is 1. The van der Waals surface area contributed by atoms with Gasteiger partial charge in [-0.15, -0.1) is 11.3 Å². The van der Waals surface area contributed by atoms with Crippen LogP contribution in [0.25, 0.3) is 0 Å². The maximum absolute atomic E-state index is 12.3. The van der Waals surface area contributed by atoms with Gasteiger partial charge in [-0.25, -0.2) is 0 Å². The first-order valence-corrected chi connectivity index (χ1v) is 8.58. The molecular formula is C16H26N2O2S. The Hall–Kier alpha value is -0.910. The standard InChI is InChI=1S/C16H26N2O2S/c1-11(2)16(14-5-4-8-21-14)17-15(20)9-18-7-6-12(3)13(18)10-19/h4-5,8,11-13,16,19H,6-7,9-10H2,1-3H3,(H,17,20). The number of rotatable bonds is 6. The minimum Gasteiger partial charge on any atom is -0.395 e. The SMILES string of the molecule is CC(C)C(NC(=O)CN1CCC(C)C1CO)c1cccs1. The predicted molar refractivity (Wildman–Crippen MR) is 86.3 cm³/mol. The van der Waals surface area contributed by atoms with Crippen LogP contribution >= 0.6 is 11.3 Å². The minimum absolute atomic E-state index is 0.0506. The van der Waals surface area contributed by atoms with Crippen LogP contribution in [0.4, 0.5) is 0 Å². The molecule has 1 fully saturated rings. The van der Waals surface area contributed by atoms with E-state index in [4.69, 9.17) is 0 Å². The van der Waals surface area contributed by atoms with Crippen molar-refractivity contribution in [2.24, 2.45) is 11.8 Å². The summed E-state index contributed by atoms with van der Waals surface area (Å²) in [5.41, 5.74) is 0. The molecule has 4 nitrogen and oxygen atoms in total. The van der Waals surface area contributed by atoms with E-state index in [2.05, 4.69) is 37.1 Å². The van der Waals surface area contributed by atoms with Gasteiger partial charge in [-0.3, -0.25) is 9.69 Å². The van der Waals surface area contributed by atoms with Gasteiger partial charge in [0.2, 0.25) is 5.91 Å². The van der Waals surface area contributed by atoms with Gasteiger partial charge in [0.15, 0.2) is 0 Å². The van der Waals surface area contributed by atoms with Crippen molar-refractivity contribution in [3.05, 3.63) is 22.4 Å². The maximum atomic E-state index is 12.3. The first kappa shape index (κ1) is 16.5. The molecule has 1 aromatic heterocycles. The number of hydrogen-bond donors (Lipinski definition) is 2. The Bertz CT molecular complexity index is 447. The van der Waals surface area contributed by atoms with E-state index >= 15 is 0 Å². The largest absolute Gasteiger partial charge is 0.395 e. The number of aliphatic hydroxyl groups excluding tert-OH is 1. The number of nitrogens with zero attached hydrogens (tertiary/aromatic N) is 1. The van der Waals surface area contributed by atoms with Gasteiger partial charge in [0, 0.05) is 10.9 Å². The fraction of sp³-hybridized carbons (Fsp3) is 0.688. The summed E-state index contributed by atoms with van der Waals surface area (Å²) in [7, 11) is 0. The Morgan fingerprint density at radius 2 is 2.33 bits per heavy atom. The van der Waals surface area contributed by atoms with E-state index in [0.717, 1.165) is 13.0 Å². The molecule has 2 N–H and O–H groups in total. The normalized spacial score (nSPS) is 24.4. The molecule has 1 aliphatic rings.